The van der Waals surface area contributed by atoms with Crippen molar-refractivity contribution >= 4 is 51.1 Å². The van der Waals surface area contributed by atoms with Crippen molar-refractivity contribution in [1.82, 2.24) is 0 Å². The van der Waals surface area contributed by atoms with Crippen molar-refractivity contribution in [2.75, 3.05) is 25.2 Å². The summed E-state index contributed by atoms with van der Waals surface area (Å²) >= 11 is 5.53. The molecule has 0 unspecified atom stereocenters. The molecule has 1 aliphatic heterocycles. The first kappa shape index (κ1) is 46.8. The number of rotatable bonds is 17. The molecule has 0 spiro atoms. The molecule has 5 aromatic carbocycles. The number of unbranched alkanes of at least 4 members (excludes halogenated alkanes) is 6. The third kappa shape index (κ3) is 8.20. The molecule has 0 atom stereocenters. The fourth-order valence-electron chi connectivity index (χ4n) is 11.5. The molecule has 2 aliphatic carbocycles. The number of benzene rings is 5. The van der Waals surface area contributed by atoms with Crippen LogP contribution >= 0.6 is 34.0 Å². The highest BCUT2D eigenvalue weighted by Gasteiger charge is 2.38. The predicted octanol–water partition coefficient (Wildman–Crippen LogP) is 19.0. The van der Waals surface area contributed by atoms with E-state index in [9.17, 15) is 0 Å². The van der Waals surface area contributed by atoms with Crippen molar-refractivity contribution in [2.45, 2.75) is 117 Å². The molecule has 0 amide bonds. The molecule has 3 aromatic heterocycles. The Balaban J connectivity index is 1.00. The van der Waals surface area contributed by atoms with Gasteiger partial charge in [0.2, 0.25) is 10.8 Å². The first-order valence-electron chi connectivity index (χ1n) is 25.7. The largest absolute Gasteiger partial charge is 0.484 e. The summed E-state index contributed by atoms with van der Waals surface area (Å²) in [5.74, 6) is 1.58. The van der Waals surface area contributed by atoms with E-state index >= 15 is 0 Å². The third-order valence-corrected chi connectivity index (χ3v) is 19.1. The minimum absolute atomic E-state index is 0.111. The zero-order valence-corrected chi connectivity index (χ0v) is 44.4. The van der Waals surface area contributed by atoms with Crippen LogP contribution in [0.4, 0.5) is 17.1 Å². The Morgan fingerprint density at radius 3 is 1.53 bits per heavy atom. The molecule has 0 bridgehead atoms. The fourth-order valence-corrected chi connectivity index (χ4v) is 15.1. The molecule has 0 radical (unpaired) electrons. The van der Waals surface area contributed by atoms with Gasteiger partial charge < -0.3 is 19.1 Å². The van der Waals surface area contributed by atoms with Crippen molar-refractivity contribution in [1.29, 1.82) is 0 Å². The lowest BCUT2D eigenvalue weighted by molar-refractivity contribution is 0.169. The average Bonchev–Trinajstić information content (AvgIpc) is 4.19. The molecule has 4 nitrogen and oxygen atoms in total. The van der Waals surface area contributed by atoms with Gasteiger partial charge in [-0.05, 0) is 135 Å². The number of hydrogen-bond donors (Lipinski definition) is 0. The SMILES string of the molecule is CCCCCCc1cc(-c2sc(-c3sc(OC)c4c3OCCO4)cc2CCCCCC)sc1-c1ccc(N(c2ccc3c(c2)C(C)(C)c2ccccc2-3)c2ccc3c(c2)C(C)(C)c2ccccc2-3)cc1. The van der Waals surface area contributed by atoms with E-state index in [-0.39, 0.29) is 10.8 Å². The molecular weight excluding hydrogens is 915 g/mol. The molecule has 0 fully saturated rings. The molecule has 0 saturated carbocycles. The topological polar surface area (TPSA) is 30.9 Å². The number of nitrogens with zero attached hydrogens (tertiary/aromatic N) is 1. The number of hydrogen-bond acceptors (Lipinski definition) is 7. The van der Waals surface area contributed by atoms with E-state index in [1.165, 1.54) is 143 Å². The molecule has 0 saturated heterocycles. The summed E-state index contributed by atoms with van der Waals surface area (Å²) in [5.41, 5.74) is 18.4. The normalized spacial score (nSPS) is 14.6. The van der Waals surface area contributed by atoms with Crippen LogP contribution < -0.4 is 19.1 Å². The molecule has 70 heavy (non-hydrogen) atoms. The Morgan fingerprint density at radius 2 is 0.971 bits per heavy atom. The molecule has 3 aliphatic rings. The lowest BCUT2D eigenvalue weighted by Crippen LogP contribution is -2.18. The highest BCUT2D eigenvalue weighted by molar-refractivity contribution is 7.28. The van der Waals surface area contributed by atoms with Crippen LogP contribution in [0.15, 0.2) is 121 Å². The van der Waals surface area contributed by atoms with Crippen LogP contribution in [0.25, 0.3) is 52.2 Å². The second kappa shape index (κ2) is 19.2. The number of methoxy groups -OCH3 is 1. The summed E-state index contributed by atoms with van der Waals surface area (Å²) in [6, 6.07) is 46.8. The smallest absolute Gasteiger partial charge is 0.221 e. The van der Waals surface area contributed by atoms with E-state index in [1.807, 2.05) is 22.7 Å². The highest BCUT2D eigenvalue weighted by atomic mass is 32.1. The van der Waals surface area contributed by atoms with Gasteiger partial charge in [-0.1, -0.05) is 164 Å². The van der Waals surface area contributed by atoms with Crippen LogP contribution in [0, 0.1) is 0 Å². The summed E-state index contributed by atoms with van der Waals surface area (Å²) in [6.07, 6.45) is 12.0. The number of thiophene rings is 3. The van der Waals surface area contributed by atoms with Crippen LogP contribution in [0.1, 0.15) is 126 Å². The summed E-state index contributed by atoms with van der Waals surface area (Å²) in [7, 11) is 1.73. The Morgan fingerprint density at radius 1 is 0.486 bits per heavy atom. The first-order valence-corrected chi connectivity index (χ1v) is 28.2. The summed E-state index contributed by atoms with van der Waals surface area (Å²) < 4.78 is 18.2. The predicted molar refractivity (Wildman–Crippen MR) is 299 cm³/mol. The Kier molecular flexibility index (Phi) is 12.8. The monoisotopic (exact) mass is 979 g/mol. The zero-order chi connectivity index (χ0) is 48.1. The summed E-state index contributed by atoms with van der Waals surface area (Å²) in [6.45, 7) is 15.2. The van der Waals surface area contributed by atoms with E-state index in [0.717, 1.165) is 40.0 Å². The zero-order valence-electron chi connectivity index (χ0n) is 41.9. The average molecular weight is 980 g/mol. The van der Waals surface area contributed by atoms with Gasteiger partial charge >= 0.3 is 0 Å². The van der Waals surface area contributed by atoms with E-state index in [1.54, 1.807) is 18.4 Å². The molecule has 0 N–H and O–H groups in total. The van der Waals surface area contributed by atoms with E-state index in [4.69, 9.17) is 14.2 Å². The molecule has 7 heteroatoms. The lowest BCUT2D eigenvalue weighted by atomic mass is 9.82. The van der Waals surface area contributed by atoms with Crippen molar-refractivity contribution in [2.24, 2.45) is 0 Å². The van der Waals surface area contributed by atoms with Gasteiger partial charge in [0, 0.05) is 47.4 Å². The van der Waals surface area contributed by atoms with Gasteiger partial charge in [-0.15, -0.1) is 22.7 Å². The Labute approximate surface area is 427 Å². The molecule has 11 rings (SSSR count). The van der Waals surface area contributed by atoms with Gasteiger partial charge in [-0.2, -0.15) is 0 Å². The third-order valence-electron chi connectivity index (χ3n) is 15.3. The molecule has 4 heterocycles. The van der Waals surface area contributed by atoms with Gasteiger partial charge in [-0.25, -0.2) is 0 Å². The van der Waals surface area contributed by atoms with E-state index in [2.05, 4.69) is 168 Å². The maximum absolute atomic E-state index is 6.28. The number of ether oxygens (including phenoxy) is 3. The van der Waals surface area contributed by atoms with Crippen LogP contribution in [0.5, 0.6) is 16.6 Å². The molecule has 358 valence electrons. The van der Waals surface area contributed by atoms with Crippen LogP contribution in [-0.4, -0.2) is 20.3 Å². The van der Waals surface area contributed by atoms with Crippen LogP contribution in [0.2, 0.25) is 0 Å². The highest BCUT2D eigenvalue weighted by Crippen LogP contribution is 2.58. The van der Waals surface area contributed by atoms with Gasteiger partial charge in [-0.3, -0.25) is 0 Å². The maximum Gasteiger partial charge on any atom is 0.221 e. The number of fused-ring (bicyclic) bond motifs is 7. The fraction of sp³-hybridized carbons (Fsp3) is 0.333. The van der Waals surface area contributed by atoms with Crippen LogP contribution in [-0.2, 0) is 23.7 Å². The summed E-state index contributed by atoms with van der Waals surface area (Å²) in [4.78, 5) is 8.99. The minimum Gasteiger partial charge on any atom is -0.484 e. The van der Waals surface area contributed by atoms with Gasteiger partial charge in [0.15, 0.2) is 5.75 Å². The second-order valence-electron chi connectivity index (χ2n) is 20.5. The molecular formula is C63H65NO3S3. The molecule has 8 aromatic rings. The van der Waals surface area contributed by atoms with Gasteiger partial charge in [0.25, 0.3) is 0 Å². The Bertz CT molecular complexity index is 3090. The lowest BCUT2D eigenvalue weighted by Gasteiger charge is -2.30. The minimum atomic E-state index is -0.111. The number of anilines is 3. The van der Waals surface area contributed by atoms with Crippen molar-refractivity contribution in [3.63, 3.8) is 0 Å². The maximum atomic E-state index is 6.28. The van der Waals surface area contributed by atoms with E-state index in [0.29, 0.717) is 13.2 Å². The van der Waals surface area contributed by atoms with E-state index < -0.39 is 0 Å². The Hall–Kier alpha value is -5.60. The summed E-state index contributed by atoms with van der Waals surface area (Å²) in [5, 5.41) is 0.787. The standard InChI is InChI=1S/C63H65NO3S3/c1-8-10-12-14-20-41-36-54(59-42(21-15-13-11-9-2)37-55(69-59)60-56-57(61(65-7)70-60)67-35-34-66-56)68-58(41)40-26-28-43(29-27-40)64(44-30-32-48-46-22-16-18-24-50(46)62(3,4)52(48)38-44)45-31-33-49-47-23-17-19-25-51(47)63(5,6)53(49)39-45/h16-19,22-33,36-39H,8-15,20-21,34-35H2,1-7H3. The first-order chi connectivity index (χ1) is 34.1. The van der Waals surface area contributed by atoms with Crippen molar-refractivity contribution in [3.8, 4) is 68.8 Å². The number of aryl methyl sites for hydroxylation is 2. The quantitative estimate of drug-likeness (QED) is 0.0851. The van der Waals surface area contributed by atoms with Crippen molar-refractivity contribution < 1.29 is 14.2 Å². The van der Waals surface area contributed by atoms with Gasteiger partial charge in [0.1, 0.15) is 13.2 Å². The van der Waals surface area contributed by atoms with Crippen LogP contribution in [0.3, 0.4) is 0 Å². The second-order valence-corrected chi connectivity index (χ2v) is 23.6. The van der Waals surface area contributed by atoms with Gasteiger partial charge in [0.05, 0.1) is 12.0 Å². The van der Waals surface area contributed by atoms with Crippen molar-refractivity contribution in [3.05, 3.63) is 155 Å².